The Hall–Kier alpha value is -2.45. The van der Waals surface area contributed by atoms with Gasteiger partial charge in [0, 0.05) is 42.1 Å². The summed E-state index contributed by atoms with van der Waals surface area (Å²) in [6.07, 6.45) is 0. The number of halogens is 1. The molecule has 174 valence electrons. The number of nitrogens with zero attached hydrogens (tertiary/aromatic N) is 3. The average Bonchev–Trinajstić information content (AvgIpc) is 3.29. The molecule has 1 aliphatic rings. The van der Waals surface area contributed by atoms with Crippen LogP contribution >= 0.6 is 22.9 Å². The van der Waals surface area contributed by atoms with Crippen LogP contribution in [-0.4, -0.2) is 60.1 Å². The second-order valence-electron chi connectivity index (χ2n) is 7.97. The lowest BCUT2D eigenvalue weighted by atomic mass is 10.2. The van der Waals surface area contributed by atoms with Crippen molar-refractivity contribution >= 4 is 28.8 Å². The first-order valence-electron chi connectivity index (χ1n) is 11.0. The lowest BCUT2D eigenvalue weighted by molar-refractivity contribution is 0.0319. The molecule has 0 atom stereocenters. The Morgan fingerprint density at radius 2 is 1.94 bits per heavy atom. The predicted molar refractivity (Wildman–Crippen MR) is 131 cm³/mol. The molecule has 8 heteroatoms. The summed E-state index contributed by atoms with van der Waals surface area (Å²) < 4.78 is 11.4. The fourth-order valence-electron chi connectivity index (χ4n) is 3.66. The molecule has 0 bridgehead atoms. The van der Waals surface area contributed by atoms with Gasteiger partial charge in [-0.2, -0.15) is 0 Å². The van der Waals surface area contributed by atoms with Crippen molar-refractivity contribution < 1.29 is 14.3 Å². The van der Waals surface area contributed by atoms with Crippen LogP contribution < -0.4 is 4.74 Å². The predicted octanol–water partition coefficient (Wildman–Crippen LogP) is 4.66. The Kier molecular flexibility index (Phi) is 8.34. The molecule has 3 aromatic rings. The molecule has 1 aliphatic heterocycles. The molecule has 33 heavy (non-hydrogen) atoms. The van der Waals surface area contributed by atoms with Gasteiger partial charge >= 0.3 is 0 Å². The maximum atomic E-state index is 13.3. The second kappa shape index (κ2) is 11.6. The summed E-state index contributed by atoms with van der Waals surface area (Å²) in [5, 5.41) is 3.51. The zero-order valence-corrected chi connectivity index (χ0v) is 20.3. The van der Waals surface area contributed by atoms with Gasteiger partial charge in [-0.05, 0) is 42.8 Å². The van der Waals surface area contributed by atoms with E-state index in [9.17, 15) is 4.79 Å². The average molecular weight is 486 g/mol. The molecular formula is C25H28ClN3O3S. The molecule has 2 aromatic carbocycles. The Morgan fingerprint density at radius 1 is 1.18 bits per heavy atom. The zero-order chi connectivity index (χ0) is 23.0. The second-order valence-corrected chi connectivity index (χ2v) is 9.35. The number of benzene rings is 2. The van der Waals surface area contributed by atoms with Crippen LogP contribution in [0.3, 0.4) is 0 Å². The maximum Gasteiger partial charge on any atom is 0.254 e. The third-order valence-corrected chi connectivity index (χ3v) is 6.69. The Bertz CT molecular complexity index is 1050. The molecule has 0 N–H and O–H groups in total. The van der Waals surface area contributed by atoms with E-state index in [1.165, 1.54) is 0 Å². The third-order valence-electron chi connectivity index (χ3n) is 5.57. The summed E-state index contributed by atoms with van der Waals surface area (Å²) >= 11 is 7.56. The number of aromatic nitrogens is 1. The van der Waals surface area contributed by atoms with Crippen LogP contribution in [0.4, 0.5) is 0 Å². The fourth-order valence-corrected chi connectivity index (χ4v) is 4.48. The highest BCUT2D eigenvalue weighted by molar-refractivity contribution is 7.09. The molecular weight excluding hydrogens is 458 g/mol. The summed E-state index contributed by atoms with van der Waals surface area (Å²) in [6.45, 7) is 7.56. The van der Waals surface area contributed by atoms with Gasteiger partial charge in [0.1, 0.15) is 17.4 Å². The molecule has 2 heterocycles. The minimum atomic E-state index is -0.0226. The van der Waals surface area contributed by atoms with Crippen molar-refractivity contribution in [1.82, 2.24) is 14.8 Å². The van der Waals surface area contributed by atoms with Crippen molar-refractivity contribution in [3.05, 3.63) is 80.8 Å². The van der Waals surface area contributed by atoms with Crippen LogP contribution in [0, 0.1) is 6.92 Å². The van der Waals surface area contributed by atoms with Gasteiger partial charge in [0.05, 0.1) is 25.5 Å². The number of para-hydroxylation sites is 1. The molecule has 1 aromatic heterocycles. The highest BCUT2D eigenvalue weighted by Crippen LogP contribution is 2.20. The van der Waals surface area contributed by atoms with Crippen molar-refractivity contribution in [2.24, 2.45) is 0 Å². The number of amides is 1. The number of thiazole rings is 1. The minimum Gasteiger partial charge on any atom is -0.486 e. The van der Waals surface area contributed by atoms with Crippen LogP contribution in [-0.2, 0) is 17.9 Å². The van der Waals surface area contributed by atoms with Crippen molar-refractivity contribution in [1.29, 1.82) is 0 Å². The first-order valence-corrected chi connectivity index (χ1v) is 12.3. The summed E-state index contributed by atoms with van der Waals surface area (Å²) in [5.74, 6) is 0.838. The van der Waals surface area contributed by atoms with Crippen LogP contribution in [0.15, 0.2) is 53.9 Å². The van der Waals surface area contributed by atoms with Gasteiger partial charge < -0.3 is 14.4 Å². The summed E-state index contributed by atoms with van der Waals surface area (Å²) in [5.41, 5.74) is 2.59. The highest BCUT2D eigenvalue weighted by Gasteiger charge is 2.20. The number of hydrogen-bond acceptors (Lipinski definition) is 6. The van der Waals surface area contributed by atoms with E-state index in [1.54, 1.807) is 35.6 Å². The van der Waals surface area contributed by atoms with E-state index >= 15 is 0 Å². The zero-order valence-electron chi connectivity index (χ0n) is 18.7. The van der Waals surface area contributed by atoms with E-state index < -0.39 is 0 Å². The van der Waals surface area contributed by atoms with E-state index in [0.717, 1.165) is 54.9 Å². The summed E-state index contributed by atoms with van der Waals surface area (Å²) in [4.78, 5) is 22.2. The number of morpholine rings is 1. The van der Waals surface area contributed by atoms with E-state index in [2.05, 4.69) is 4.90 Å². The van der Waals surface area contributed by atoms with Crippen molar-refractivity contribution in [3.63, 3.8) is 0 Å². The lowest BCUT2D eigenvalue weighted by Crippen LogP contribution is -2.43. The number of ether oxygens (including phenoxy) is 2. The number of rotatable bonds is 9. The van der Waals surface area contributed by atoms with Crippen molar-refractivity contribution in [2.75, 3.05) is 39.4 Å². The molecule has 6 nitrogen and oxygen atoms in total. The Balaban J connectivity index is 1.42. The molecule has 1 saturated heterocycles. The van der Waals surface area contributed by atoms with Crippen LogP contribution in [0.1, 0.15) is 26.6 Å². The first-order chi connectivity index (χ1) is 16.1. The number of aryl methyl sites for hydroxylation is 1. The largest absolute Gasteiger partial charge is 0.486 e. The van der Waals surface area contributed by atoms with Gasteiger partial charge in [-0.15, -0.1) is 11.3 Å². The van der Waals surface area contributed by atoms with Crippen LogP contribution in [0.25, 0.3) is 0 Å². The fraction of sp³-hybridized carbons (Fsp3) is 0.360. The van der Waals surface area contributed by atoms with Crippen LogP contribution in [0.2, 0.25) is 5.02 Å². The smallest absolute Gasteiger partial charge is 0.254 e. The number of carbonyl (C=O) groups excluding carboxylic acids is 1. The van der Waals surface area contributed by atoms with Gasteiger partial charge in [-0.1, -0.05) is 29.8 Å². The SMILES string of the molecule is Cc1ccccc1OCc1nc(CN(CCN2CCOCC2)C(=O)c2ccc(Cl)cc2)cs1. The van der Waals surface area contributed by atoms with E-state index in [0.29, 0.717) is 30.3 Å². The topological polar surface area (TPSA) is 54.9 Å². The lowest BCUT2D eigenvalue weighted by Gasteiger charge is -2.30. The van der Waals surface area contributed by atoms with Crippen molar-refractivity contribution in [2.45, 2.75) is 20.1 Å². The summed E-state index contributed by atoms with van der Waals surface area (Å²) in [6, 6.07) is 15.0. The Morgan fingerprint density at radius 3 is 2.70 bits per heavy atom. The van der Waals surface area contributed by atoms with Crippen LogP contribution in [0.5, 0.6) is 5.75 Å². The van der Waals surface area contributed by atoms with E-state index in [1.807, 2.05) is 41.5 Å². The minimum absolute atomic E-state index is 0.0226. The molecule has 1 amide bonds. The van der Waals surface area contributed by atoms with Gasteiger partial charge in [0.2, 0.25) is 0 Å². The monoisotopic (exact) mass is 485 g/mol. The van der Waals surface area contributed by atoms with E-state index in [-0.39, 0.29) is 5.91 Å². The Labute approximate surface area is 203 Å². The van der Waals surface area contributed by atoms with Gasteiger partial charge in [0.15, 0.2) is 0 Å². The van der Waals surface area contributed by atoms with Gasteiger partial charge in [0.25, 0.3) is 5.91 Å². The number of hydrogen-bond donors (Lipinski definition) is 0. The maximum absolute atomic E-state index is 13.3. The molecule has 0 unspecified atom stereocenters. The van der Waals surface area contributed by atoms with Gasteiger partial charge in [-0.3, -0.25) is 9.69 Å². The molecule has 4 rings (SSSR count). The van der Waals surface area contributed by atoms with Crippen molar-refractivity contribution in [3.8, 4) is 5.75 Å². The normalized spacial score (nSPS) is 14.2. The van der Waals surface area contributed by atoms with E-state index in [4.69, 9.17) is 26.1 Å². The third kappa shape index (κ3) is 6.77. The quantitative estimate of drug-likeness (QED) is 0.441. The molecule has 0 aliphatic carbocycles. The first kappa shape index (κ1) is 23.7. The molecule has 1 fully saturated rings. The molecule has 0 saturated carbocycles. The number of carbonyl (C=O) groups is 1. The molecule has 0 radical (unpaired) electrons. The summed E-state index contributed by atoms with van der Waals surface area (Å²) in [7, 11) is 0. The highest BCUT2D eigenvalue weighted by atomic mass is 35.5. The standard InChI is InChI=1S/C25H28ClN3O3S/c1-19-4-2-3-5-23(19)32-17-24-27-22(18-33-24)16-29(11-10-28-12-14-31-15-13-28)25(30)20-6-8-21(26)9-7-20/h2-9,18H,10-17H2,1H3. The molecule has 0 spiro atoms. The van der Waals surface area contributed by atoms with Gasteiger partial charge in [-0.25, -0.2) is 4.98 Å².